The molecule has 0 radical (unpaired) electrons. The van der Waals surface area contributed by atoms with Gasteiger partial charge in [0.2, 0.25) is 5.91 Å². The van der Waals surface area contributed by atoms with Crippen molar-refractivity contribution in [3.05, 3.63) is 29.8 Å². The molecule has 2 N–H and O–H groups in total. The molecule has 1 aromatic carbocycles. The van der Waals surface area contributed by atoms with Crippen LogP contribution in [0.2, 0.25) is 0 Å². The average Bonchev–Trinajstić information content (AvgIpc) is 3.33. The average molecular weight is 358 g/mol. The van der Waals surface area contributed by atoms with Crippen molar-refractivity contribution in [2.24, 2.45) is 5.16 Å². The molecule has 7 heteroatoms. The van der Waals surface area contributed by atoms with Crippen LogP contribution in [-0.2, 0) is 16.1 Å². The first-order valence-electron chi connectivity index (χ1n) is 9.27. The van der Waals surface area contributed by atoms with Crippen LogP contribution < -0.4 is 10.6 Å². The molecule has 1 fully saturated rings. The SMILES string of the molecule is CCC1=NOC(CNC(=O)Nc2ccc(CC(=O)N3CCCC3)cc2)C1. The Hall–Kier alpha value is -2.57. The first kappa shape index (κ1) is 18.2. The second-order valence-corrected chi connectivity index (χ2v) is 6.74. The quantitative estimate of drug-likeness (QED) is 0.820. The first-order valence-corrected chi connectivity index (χ1v) is 9.27. The van der Waals surface area contributed by atoms with Crippen LogP contribution in [0.4, 0.5) is 10.5 Å². The number of benzene rings is 1. The lowest BCUT2D eigenvalue weighted by Gasteiger charge is -2.15. The summed E-state index contributed by atoms with van der Waals surface area (Å²) >= 11 is 0. The highest BCUT2D eigenvalue weighted by Gasteiger charge is 2.20. The van der Waals surface area contributed by atoms with Crippen LogP contribution in [0.1, 0.15) is 38.2 Å². The Kier molecular flexibility index (Phi) is 6.09. The van der Waals surface area contributed by atoms with Crippen LogP contribution in [0, 0.1) is 0 Å². The fourth-order valence-electron chi connectivity index (χ4n) is 3.15. The highest BCUT2D eigenvalue weighted by atomic mass is 16.6. The number of urea groups is 1. The van der Waals surface area contributed by atoms with Gasteiger partial charge in [-0.15, -0.1) is 0 Å². The molecule has 0 spiro atoms. The molecular formula is C19H26N4O3. The van der Waals surface area contributed by atoms with Gasteiger partial charge in [0.1, 0.15) is 6.10 Å². The van der Waals surface area contributed by atoms with E-state index in [9.17, 15) is 9.59 Å². The maximum atomic E-state index is 12.2. The zero-order valence-electron chi connectivity index (χ0n) is 15.2. The third kappa shape index (κ3) is 4.97. The predicted molar refractivity (Wildman–Crippen MR) is 100 cm³/mol. The molecule has 1 unspecified atom stereocenters. The lowest BCUT2D eigenvalue weighted by Crippen LogP contribution is -2.35. The van der Waals surface area contributed by atoms with Gasteiger partial charge >= 0.3 is 6.03 Å². The summed E-state index contributed by atoms with van der Waals surface area (Å²) in [4.78, 5) is 31.3. The van der Waals surface area contributed by atoms with Gasteiger partial charge in [-0.2, -0.15) is 0 Å². The lowest BCUT2D eigenvalue weighted by molar-refractivity contribution is -0.129. The maximum absolute atomic E-state index is 12.2. The number of nitrogens with zero attached hydrogens (tertiary/aromatic N) is 2. The summed E-state index contributed by atoms with van der Waals surface area (Å²) in [6, 6.07) is 7.11. The smallest absolute Gasteiger partial charge is 0.319 e. The summed E-state index contributed by atoms with van der Waals surface area (Å²) in [6.45, 7) is 4.19. The van der Waals surface area contributed by atoms with Crippen LogP contribution in [0.5, 0.6) is 0 Å². The van der Waals surface area contributed by atoms with E-state index in [0.29, 0.717) is 18.7 Å². The van der Waals surface area contributed by atoms with Crippen LogP contribution >= 0.6 is 0 Å². The fourth-order valence-corrected chi connectivity index (χ4v) is 3.15. The summed E-state index contributed by atoms with van der Waals surface area (Å²) in [5.74, 6) is 0.172. The summed E-state index contributed by atoms with van der Waals surface area (Å²) < 4.78 is 0. The van der Waals surface area contributed by atoms with Gasteiger partial charge in [-0.1, -0.05) is 24.2 Å². The van der Waals surface area contributed by atoms with Gasteiger partial charge in [0.15, 0.2) is 0 Å². The molecule has 0 aromatic heterocycles. The highest BCUT2D eigenvalue weighted by molar-refractivity contribution is 5.89. The first-order chi connectivity index (χ1) is 12.6. The van der Waals surface area contributed by atoms with Gasteiger partial charge in [-0.05, 0) is 37.0 Å². The van der Waals surface area contributed by atoms with Crippen LogP contribution in [0.3, 0.4) is 0 Å². The monoisotopic (exact) mass is 358 g/mol. The van der Waals surface area contributed by atoms with E-state index < -0.39 is 0 Å². The Morgan fingerprint density at radius 2 is 1.96 bits per heavy atom. The van der Waals surface area contributed by atoms with Gasteiger partial charge in [-0.3, -0.25) is 4.79 Å². The van der Waals surface area contributed by atoms with Crippen molar-refractivity contribution < 1.29 is 14.4 Å². The number of hydrogen-bond acceptors (Lipinski definition) is 4. The van der Waals surface area contributed by atoms with Crippen LogP contribution in [0.25, 0.3) is 0 Å². The second kappa shape index (κ2) is 8.69. The minimum Gasteiger partial charge on any atom is -0.390 e. The van der Waals surface area contributed by atoms with Gasteiger partial charge in [0.05, 0.1) is 18.7 Å². The molecule has 140 valence electrons. The van der Waals surface area contributed by atoms with Crippen molar-refractivity contribution in [3.63, 3.8) is 0 Å². The van der Waals surface area contributed by atoms with E-state index in [4.69, 9.17) is 4.84 Å². The molecule has 3 rings (SSSR count). The van der Waals surface area contributed by atoms with Gasteiger partial charge in [0, 0.05) is 25.2 Å². The summed E-state index contributed by atoms with van der Waals surface area (Å²) in [5.41, 5.74) is 2.67. The third-order valence-electron chi connectivity index (χ3n) is 4.72. The number of carbonyl (C=O) groups is 2. The van der Waals surface area contributed by atoms with Gasteiger partial charge in [0.25, 0.3) is 0 Å². The minimum absolute atomic E-state index is 0.0883. The molecule has 0 bridgehead atoms. The molecule has 0 aliphatic carbocycles. The number of carbonyl (C=O) groups excluding carboxylic acids is 2. The van der Waals surface area contributed by atoms with Gasteiger partial charge in [-0.25, -0.2) is 4.79 Å². The Labute approximate surface area is 153 Å². The Morgan fingerprint density at radius 3 is 2.62 bits per heavy atom. The fraction of sp³-hybridized carbons (Fsp3) is 0.526. The Bertz CT molecular complexity index is 666. The molecule has 0 saturated carbocycles. The molecule has 2 aliphatic rings. The zero-order valence-corrected chi connectivity index (χ0v) is 15.2. The second-order valence-electron chi connectivity index (χ2n) is 6.74. The van der Waals surface area contributed by atoms with E-state index in [-0.39, 0.29) is 18.0 Å². The minimum atomic E-state index is -0.278. The van der Waals surface area contributed by atoms with Crippen molar-refractivity contribution in [3.8, 4) is 0 Å². The topological polar surface area (TPSA) is 83.0 Å². The molecule has 1 atom stereocenters. The largest absolute Gasteiger partial charge is 0.390 e. The molecule has 3 amide bonds. The summed E-state index contributed by atoms with van der Waals surface area (Å²) in [5, 5.41) is 9.55. The summed E-state index contributed by atoms with van der Waals surface area (Å²) in [6.07, 6.45) is 4.15. The molecule has 7 nitrogen and oxygen atoms in total. The summed E-state index contributed by atoms with van der Waals surface area (Å²) in [7, 11) is 0. The molecule has 1 aromatic rings. The molecule has 26 heavy (non-hydrogen) atoms. The van der Waals surface area contributed by atoms with E-state index in [0.717, 1.165) is 50.0 Å². The third-order valence-corrected chi connectivity index (χ3v) is 4.72. The van der Waals surface area contributed by atoms with Crippen LogP contribution in [0.15, 0.2) is 29.4 Å². The normalized spacial score (nSPS) is 19.0. The van der Waals surface area contributed by atoms with Crippen molar-refractivity contribution in [1.82, 2.24) is 10.2 Å². The Balaban J connectivity index is 1.40. The van der Waals surface area contributed by atoms with E-state index in [1.165, 1.54) is 0 Å². The van der Waals surface area contributed by atoms with E-state index >= 15 is 0 Å². The number of rotatable bonds is 6. The number of amides is 3. The number of anilines is 1. The van der Waals surface area contributed by atoms with Crippen molar-refractivity contribution in [1.29, 1.82) is 0 Å². The number of nitrogens with one attached hydrogen (secondary N) is 2. The van der Waals surface area contributed by atoms with Crippen molar-refractivity contribution in [2.45, 2.75) is 45.1 Å². The number of hydrogen-bond donors (Lipinski definition) is 2. The van der Waals surface area contributed by atoms with E-state index in [1.54, 1.807) is 0 Å². The number of likely N-dealkylation sites (tertiary alicyclic amines) is 1. The van der Waals surface area contributed by atoms with Crippen molar-refractivity contribution in [2.75, 3.05) is 25.0 Å². The standard InChI is InChI=1S/C19H26N4O3/c1-2-15-12-17(26-22-15)13-20-19(25)21-16-7-5-14(6-8-16)11-18(24)23-9-3-4-10-23/h5-8,17H,2-4,9-13H2,1H3,(H2,20,21,25). The zero-order chi connectivity index (χ0) is 18.4. The van der Waals surface area contributed by atoms with Crippen molar-refractivity contribution >= 4 is 23.3 Å². The molecule has 2 heterocycles. The molecule has 2 aliphatic heterocycles. The Morgan fingerprint density at radius 1 is 1.23 bits per heavy atom. The predicted octanol–water partition coefficient (Wildman–Crippen LogP) is 2.53. The molecular weight excluding hydrogens is 332 g/mol. The number of oxime groups is 1. The van der Waals surface area contributed by atoms with Gasteiger partial charge < -0.3 is 20.4 Å². The van der Waals surface area contributed by atoms with E-state index in [1.807, 2.05) is 36.1 Å². The maximum Gasteiger partial charge on any atom is 0.319 e. The molecule has 1 saturated heterocycles. The lowest BCUT2D eigenvalue weighted by atomic mass is 10.1. The highest BCUT2D eigenvalue weighted by Crippen LogP contribution is 2.14. The van der Waals surface area contributed by atoms with E-state index in [2.05, 4.69) is 15.8 Å². The van der Waals surface area contributed by atoms with Crippen LogP contribution in [-0.4, -0.2) is 48.3 Å².